The number of benzene rings is 3. The Bertz CT molecular complexity index is 812. The van der Waals surface area contributed by atoms with E-state index in [-0.39, 0.29) is 0 Å². The van der Waals surface area contributed by atoms with Gasteiger partial charge in [-0.25, -0.2) is 0 Å². The van der Waals surface area contributed by atoms with Crippen LogP contribution in [-0.2, 0) is 0 Å². The van der Waals surface area contributed by atoms with E-state index in [0.29, 0.717) is 12.1 Å². The molecule has 0 saturated heterocycles. The molecule has 146 valence electrons. The van der Waals surface area contributed by atoms with Crippen molar-refractivity contribution in [3.8, 4) is 0 Å². The van der Waals surface area contributed by atoms with Crippen LogP contribution in [-0.4, -0.2) is 12.1 Å². The van der Waals surface area contributed by atoms with Crippen LogP contribution < -0.4 is 21.3 Å². The van der Waals surface area contributed by atoms with Crippen LogP contribution in [0.3, 0.4) is 0 Å². The highest BCUT2D eigenvalue weighted by molar-refractivity contribution is 5.78. The zero-order chi connectivity index (χ0) is 20.1. The van der Waals surface area contributed by atoms with Crippen molar-refractivity contribution < 1.29 is 0 Å². The topological polar surface area (TPSA) is 53.3 Å². The van der Waals surface area contributed by atoms with Crippen molar-refractivity contribution in [2.75, 3.05) is 21.3 Å². The maximum absolute atomic E-state index is 5.90. The van der Waals surface area contributed by atoms with Crippen LogP contribution in [0.4, 0.5) is 34.1 Å². The fraction of sp³-hybridized carbons (Fsp3) is 0.250. The van der Waals surface area contributed by atoms with Crippen LogP contribution in [0.15, 0.2) is 72.8 Å². The summed E-state index contributed by atoms with van der Waals surface area (Å²) in [7, 11) is 0. The lowest BCUT2D eigenvalue weighted by Gasteiger charge is -2.26. The second-order valence-corrected chi connectivity index (χ2v) is 7.62. The third-order valence-electron chi connectivity index (χ3n) is 4.31. The van der Waals surface area contributed by atoms with Gasteiger partial charge in [0.2, 0.25) is 0 Å². The number of nitrogens with zero attached hydrogens (tertiary/aromatic N) is 1. The molecule has 0 bridgehead atoms. The van der Waals surface area contributed by atoms with Gasteiger partial charge in [-0.15, -0.1) is 0 Å². The van der Waals surface area contributed by atoms with Crippen molar-refractivity contribution in [3.05, 3.63) is 72.8 Å². The molecule has 0 aliphatic carbocycles. The number of nitrogens with two attached hydrogens (primary N) is 1. The van der Waals surface area contributed by atoms with E-state index in [0.717, 1.165) is 34.1 Å². The molecule has 0 aliphatic rings. The Labute approximate surface area is 168 Å². The molecule has 4 N–H and O–H groups in total. The predicted molar refractivity (Wildman–Crippen MR) is 123 cm³/mol. The molecule has 0 atom stereocenters. The summed E-state index contributed by atoms with van der Waals surface area (Å²) < 4.78 is 0. The minimum Gasteiger partial charge on any atom is -0.399 e. The first-order chi connectivity index (χ1) is 13.4. The fourth-order valence-corrected chi connectivity index (χ4v) is 3.15. The average molecular weight is 375 g/mol. The molecule has 0 amide bonds. The highest BCUT2D eigenvalue weighted by Crippen LogP contribution is 2.36. The van der Waals surface area contributed by atoms with Gasteiger partial charge in [0.15, 0.2) is 0 Å². The number of anilines is 6. The Morgan fingerprint density at radius 1 is 0.571 bits per heavy atom. The zero-order valence-electron chi connectivity index (χ0n) is 17.1. The van der Waals surface area contributed by atoms with Gasteiger partial charge in [-0.3, -0.25) is 0 Å². The molecule has 0 aromatic heterocycles. The monoisotopic (exact) mass is 374 g/mol. The molecule has 3 rings (SSSR count). The largest absolute Gasteiger partial charge is 0.399 e. The molecule has 3 aromatic carbocycles. The molecule has 0 fully saturated rings. The third kappa shape index (κ3) is 4.97. The van der Waals surface area contributed by atoms with E-state index in [1.54, 1.807) is 0 Å². The highest BCUT2D eigenvalue weighted by Gasteiger charge is 2.12. The summed E-state index contributed by atoms with van der Waals surface area (Å²) in [5.41, 5.74) is 12.2. The van der Waals surface area contributed by atoms with E-state index < -0.39 is 0 Å². The molecule has 0 radical (unpaired) electrons. The van der Waals surface area contributed by atoms with Gasteiger partial charge in [0.1, 0.15) is 0 Å². The lowest BCUT2D eigenvalue weighted by Crippen LogP contribution is -2.12. The lowest BCUT2D eigenvalue weighted by atomic mass is 10.1. The Hall–Kier alpha value is -3.14. The maximum Gasteiger partial charge on any atom is 0.0463 e. The van der Waals surface area contributed by atoms with Crippen LogP contribution >= 0.6 is 0 Å². The van der Waals surface area contributed by atoms with E-state index in [1.165, 1.54) is 0 Å². The standard InChI is InChI=1S/C24H30N4/c1-17(2)26-20-7-13-23(14-8-20)28(22-11-5-19(25)6-12-22)24-15-9-21(10-16-24)27-18(3)4/h5-18,26-27H,25H2,1-4H3. The molecule has 0 unspecified atom stereocenters. The van der Waals surface area contributed by atoms with Crippen LogP contribution in [0.2, 0.25) is 0 Å². The zero-order valence-corrected chi connectivity index (χ0v) is 17.1. The second-order valence-electron chi connectivity index (χ2n) is 7.62. The van der Waals surface area contributed by atoms with Gasteiger partial charge in [-0.1, -0.05) is 0 Å². The molecular formula is C24H30N4. The van der Waals surface area contributed by atoms with Crippen LogP contribution in [0.25, 0.3) is 0 Å². The molecule has 3 aromatic rings. The predicted octanol–water partition coefficient (Wildman–Crippen LogP) is 6.38. The molecule has 0 saturated carbocycles. The van der Waals surface area contributed by atoms with Gasteiger partial charge in [0, 0.05) is 46.2 Å². The van der Waals surface area contributed by atoms with Crippen molar-refractivity contribution in [3.63, 3.8) is 0 Å². The van der Waals surface area contributed by atoms with Crippen molar-refractivity contribution in [1.29, 1.82) is 0 Å². The summed E-state index contributed by atoms with van der Waals surface area (Å²) in [5.74, 6) is 0. The fourth-order valence-electron chi connectivity index (χ4n) is 3.15. The molecule has 28 heavy (non-hydrogen) atoms. The summed E-state index contributed by atoms with van der Waals surface area (Å²) in [5, 5.41) is 6.88. The average Bonchev–Trinajstić information content (AvgIpc) is 2.65. The number of rotatable bonds is 7. The van der Waals surface area contributed by atoms with Gasteiger partial charge >= 0.3 is 0 Å². The van der Waals surface area contributed by atoms with Gasteiger partial charge in [0.25, 0.3) is 0 Å². The summed E-state index contributed by atoms with van der Waals surface area (Å²) >= 11 is 0. The molecule has 0 spiro atoms. The SMILES string of the molecule is CC(C)Nc1ccc(N(c2ccc(N)cc2)c2ccc(NC(C)C)cc2)cc1. The van der Waals surface area contributed by atoms with E-state index in [4.69, 9.17) is 5.73 Å². The summed E-state index contributed by atoms with van der Waals surface area (Å²) in [4.78, 5) is 2.23. The minimum absolute atomic E-state index is 0.403. The van der Waals surface area contributed by atoms with Crippen molar-refractivity contribution in [2.24, 2.45) is 0 Å². The normalized spacial score (nSPS) is 10.9. The first-order valence-corrected chi connectivity index (χ1v) is 9.81. The van der Waals surface area contributed by atoms with Gasteiger partial charge < -0.3 is 21.3 Å². The Morgan fingerprint density at radius 2 is 0.893 bits per heavy atom. The van der Waals surface area contributed by atoms with E-state index in [1.807, 2.05) is 12.1 Å². The quantitative estimate of drug-likeness (QED) is 0.420. The van der Waals surface area contributed by atoms with Crippen molar-refractivity contribution in [2.45, 2.75) is 39.8 Å². The van der Waals surface area contributed by atoms with Crippen LogP contribution in [0, 0.1) is 0 Å². The number of nitrogens with one attached hydrogen (secondary N) is 2. The summed E-state index contributed by atoms with van der Waals surface area (Å²) in [6.45, 7) is 8.56. The number of hydrogen-bond donors (Lipinski definition) is 3. The van der Waals surface area contributed by atoms with Gasteiger partial charge in [-0.2, -0.15) is 0 Å². The first kappa shape index (κ1) is 19.6. The lowest BCUT2D eigenvalue weighted by molar-refractivity contribution is 0.900. The Kier molecular flexibility index (Phi) is 6.09. The molecule has 0 aliphatic heterocycles. The van der Waals surface area contributed by atoms with Crippen molar-refractivity contribution in [1.82, 2.24) is 0 Å². The van der Waals surface area contributed by atoms with E-state index >= 15 is 0 Å². The number of nitrogen functional groups attached to an aromatic ring is 1. The second kappa shape index (κ2) is 8.70. The van der Waals surface area contributed by atoms with Gasteiger partial charge in [-0.05, 0) is 100 Å². The first-order valence-electron chi connectivity index (χ1n) is 9.81. The van der Waals surface area contributed by atoms with Gasteiger partial charge in [0.05, 0.1) is 0 Å². The van der Waals surface area contributed by atoms with Crippen molar-refractivity contribution >= 4 is 34.1 Å². The van der Waals surface area contributed by atoms with E-state index in [9.17, 15) is 0 Å². The summed E-state index contributed by atoms with van der Waals surface area (Å²) in [6, 6.07) is 25.8. The highest BCUT2D eigenvalue weighted by atomic mass is 15.1. The molecule has 4 nitrogen and oxygen atoms in total. The van der Waals surface area contributed by atoms with E-state index in [2.05, 4.69) is 104 Å². The molecule has 4 heteroatoms. The maximum atomic E-state index is 5.90. The van der Waals surface area contributed by atoms with Crippen LogP contribution in [0.1, 0.15) is 27.7 Å². The number of hydrogen-bond acceptors (Lipinski definition) is 4. The smallest absolute Gasteiger partial charge is 0.0463 e. The van der Waals surface area contributed by atoms with Crippen LogP contribution in [0.5, 0.6) is 0 Å². The third-order valence-corrected chi connectivity index (χ3v) is 4.31. The molecule has 0 heterocycles. The Morgan fingerprint density at radius 3 is 1.21 bits per heavy atom. The minimum atomic E-state index is 0.403. The summed E-state index contributed by atoms with van der Waals surface area (Å²) in [6.07, 6.45) is 0. The Balaban J connectivity index is 1.97. The molecular weight excluding hydrogens is 344 g/mol.